The van der Waals surface area contributed by atoms with Gasteiger partial charge >= 0.3 is 0 Å². The second kappa shape index (κ2) is 5.64. The van der Waals surface area contributed by atoms with Crippen LogP contribution in [0.5, 0.6) is 0 Å². The highest BCUT2D eigenvalue weighted by Crippen LogP contribution is 2.21. The van der Waals surface area contributed by atoms with Crippen molar-refractivity contribution >= 4 is 23.4 Å². The summed E-state index contributed by atoms with van der Waals surface area (Å²) < 4.78 is 0. The molecule has 0 fully saturated rings. The van der Waals surface area contributed by atoms with Crippen molar-refractivity contribution in [3.8, 4) is 0 Å². The van der Waals surface area contributed by atoms with Gasteiger partial charge in [-0.05, 0) is 37.1 Å². The zero-order valence-electron chi connectivity index (χ0n) is 8.46. The van der Waals surface area contributed by atoms with Crippen LogP contribution in [0.4, 0.5) is 0 Å². The van der Waals surface area contributed by atoms with Crippen LogP contribution in [-0.2, 0) is 0 Å². The van der Waals surface area contributed by atoms with Crippen molar-refractivity contribution in [3.05, 3.63) is 29.3 Å². The first kappa shape index (κ1) is 11.9. The topological polar surface area (TPSA) is 20.2 Å². The summed E-state index contributed by atoms with van der Waals surface area (Å²) >= 11 is 7.15. The molecular formula is C11H15ClOS. The second-order valence-corrected chi connectivity index (χ2v) is 4.77. The van der Waals surface area contributed by atoms with Crippen molar-refractivity contribution in [2.45, 2.75) is 24.8 Å². The minimum absolute atomic E-state index is 0.303. The van der Waals surface area contributed by atoms with Gasteiger partial charge < -0.3 is 5.11 Å². The molecule has 0 amide bonds. The standard InChI is InChI=1S/C11H15ClOS/c1-8-3-4-11(5-9(8)2)14-7-10(13)6-12/h3-5,10,13H,6-7H2,1-2H3. The maximum absolute atomic E-state index is 9.29. The Morgan fingerprint density at radius 2 is 2.07 bits per heavy atom. The van der Waals surface area contributed by atoms with Gasteiger partial charge in [0.05, 0.1) is 6.10 Å². The van der Waals surface area contributed by atoms with Crippen molar-refractivity contribution in [1.82, 2.24) is 0 Å². The number of benzene rings is 1. The Morgan fingerprint density at radius 1 is 1.36 bits per heavy atom. The van der Waals surface area contributed by atoms with E-state index in [1.807, 2.05) is 0 Å². The molecule has 0 heterocycles. The summed E-state index contributed by atoms with van der Waals surface area (Å²) in [7, 11) is 0. The fourth-order valence-corrected chi connectivity index (χ4v) is 2.21. The van der Waals surface area contributed by atoms with E-state index in [0.717, 1.165) is 0 Å². The first-order chi connectivity index (χ1) is 6.63. The molecule has 1 aromatic rings. The number of hydrogen-bond acceptors (Lipinski definition) is 2. The summed E-state index contributed by atoms with van der Waals surface area (Å²) in [5, 5.41) is 9.29. The van der Waals surface area contributed by atoms with E-state index in [1.54, 1.807) is 11.8 Å². The number of alkyl halides is 1. The zero-order chi connectivity index (χ0) is 10.6. The summed E-state index contributed by atoms with van der Waals surface area (Å²) in [6.07, 6.45) is -0.414. The molecule has 0 aliphatic carbocycles. The van der Waals surface area contributed by atoms with Gasteiger partial charge in [-0.3, -0.25) is 0 Å². The first-order valence-corrected chi connectivity index (χ1v) is 6.09. The van der Waals surface area contributed by atoms with Gasteiger partial charge in [0.2, 0.25) is 0 Å². The maximum Gasteiger partial charge on any atom is 0.0769 e. The van der Waals surface area contributed by atoms with Crippen molar-refractivity contribution in [1.29, 1.82) is 0 Å². The highest BCUT2D eigenvalue weighted by atomic mass is 35.5. The minimum Gasteiger partial charge on any atom is -0.391 e. The van der Waals surface area contributed by atoms with E-state index in [0.29, 0.717) is 11.6 Å². The molecule has 0 aromatic heterocycles. The fourth-order valence-electron chi connectivity index (χ4n) is 1.04. The summed E-state index contributed by atoms with van der Waals surface area (Å²) in [4.78, 5) is 1.19. The zero-order valence-corrected chi connectivity index (χ0v) is 10.0. The Balaban J connectivity index is 2.55. The third-order valence-electron chi connectivity index (χ3n) is 2.10. The molecule has 1 rings (SSSR count). The quantitative estimate of drug-likeness (QED) is 0.634. The van der Waals surface area contributed by atoms with Crippen LogP contribution in [-0.4, -0.2) is 22.8 Å². The van der Waals surface area contributed by atoms with E-state index in [2.05, 4.69) is 32.0 Å². The Hall–Kier alpha value is -0.180. The molecule has 0 saturated carbocycles. The van der Waals surface area contributed by atoms with Crippen molar-refractivity contribution in [2.24, 2.45) is 0 Å². The van der Waals surface area contributed by atoms with Crippen LogP contribution < -0.4 is 0 Å². The van der Waals surface area contributed by atoms with E-state index in [9.17, 15) is 5.11 Å². The molecule has 0 saturated heterocycles. The number of thioether (sulfide) groups is 1. The van der Waals surface area contributed by atoms with E-state index in [-0.39, 0.29) is 0 Å². The van der Waals surface area contributed by atoms with Gasteiger partial charge in [-0.15, -0.1) is 23.4 Å². The van der Waals surface area contributed by atoms with Crippen LogP contribution in [0, 0.1) is 13.8 Å². The number of rotatable bonds is 4. The monoisotopic (exact) mass is 230 g/mol. The molecule has 1 atom stereocenters. The third-order valence-corrected chi connectivity index (χ3v) is 3.59. The van der Waals surface area contributed by atoms with Gasteiger partial charge in [0.25, 0.3) is 0 Å². The normalized spacial score (nSPS) is 12.9. The molecule has 1 unspecified atom stereocenters. The number of aliphatic hydroxyl groups is 1. The largest absolute Gasteiger partial charge is 0.391 e. The van der Waals surface area contributed by atoms with Crippen LogP contribution in [0.25, 0.3) is 0 Å². The van der Waals surface area contributed by atoms with Crippen molar-refractivity contribution in [2.75, 3.05) is 11.6 Å². The van der Waals surface area contributed by atoms with Gasteiger partial charge in [-0.25, -0.2) is 0 Å². The summed E-state index contributed by atoms with van der Waals surface area (Å²) in [6.45, 7) is 4.19. The summed E-state index contributed by atoms with van der Waals surface area (Å²) in [6, 6.07) is 6.32. The SMILES string of the molecule is Cc1ccc(SCC(O)CCl)cc1C. The van der Waals surface area contributed by atoms with Gasteiger partial charge in [-0.1, -0.05) is 6.07 Å². The number of aryl methyl sites for hydroxylation is 2. The van der Waals surface area contributed by atoms with Gasteiger partial charge in [0.15, 0.2) is 0 Å². The van der Waals surface area contributed by atoms with E-state index in [4.69, 9.17) is 11.6 Å². The lowest BCUT2D eigenvalue weighted by molar-refractivity contribution is 0.223. The Bertz CT molecular complexity index is 301. The lowest BCUT2D eigenvalue weighted by Crippen LogP contribution is -2.10. The van der Waals surface area contributed by atoms with Crippen LogP contribution in [0.1, 0.15) is 11.1 Å². The summed E-state index contributed by atoms with van der Waals surface area (Å²) in [5.41, 5.74) is 2.59. The number of aliphatic hydroxyl groups excluding tert-OH is 1. The molecule has 14 heavy (non-hydrogen) atoms. The summed E-state index contributed by atoms with van der Waals surface area (Å²) in [5.74, 6) is 0.962. The van der Waals surface area contributed by atoms with E-state index in [1.165, 1.54) is 16.0 Å². The lowest BCUT2D eigenvalue weighted by Gasteiger charge is -2.07. The number of halogens is 1. The highest BCUT2D eigenvalue weighted by Gasteiger charge is 2.03. The molecule has 0 radical (unpaired) electrons. The lowest BCUT2D eigenvalue weighted by atomic mass is 10.1. The van der Waals surface area contributed by atoms with E-state index < -0.39 is 6.10 Å². The van der Waals surface area contributed by atoms with Gasteiger partial charge in [-0.2, -0.15) is 0 Å². The molecule has 0 bridgehead atoms. The maximum atomic E-state index is 9.29. The molecule has 0 aliphatic heterocycles. The van der Waals surface area contributed by atoms with Gasteiger partial charge in [0.1, 0.15) is 0 Å². The fraction of sp³-hybridized carbons (Fsp3) is 0.455. The third kappa shape index (κ3) is 3.52. The highest BCUT2D eigenvalue weighted by molar-refractivity contribution is 7.99. The molecule has 78 valence electrons. The van der Waals surface area contributed by atoms with Crippen molar-refractivity contribution in [3.63, 3.8) is 0 Å². The predicted octanol–water partition coefficient (Wildman–Crippen LogP) is 3.00. The average molecular weight is 231 g/mol. The average Bonchev–Trinajstić information content (AvgIpc) is 2.19. The molecule has 1 N–H and O–H groups in total. The molecular weight excluding hydrogens is 216 g/mol. The Kier molecular flexibility index (Phi) is 4.79. The molecule has 1 aromatic carbocycles. The number of hydrogen-bond donors (Lipinski definition) is 1. The molecule has 0 spiro atoms. The Labute approximate surface area is 94.5 Å². The van der Waals surface area contributed by atoms with Crippen LogP contribution in [0.3, 0.4) is 0 Å². The van der Waals surface area contributed by atoms with Crippen LogP contribution >= 0.6 is 23.4 Å². The second-order valence-electron chi connectivity index (χ2n) is 3.37. The smallest absolute Gasteiger partial charge is 0.0769 e. The van der Waals surface area contributed by atoms with Crippen LogP contribution in [0.2, 0.25) is 0 Å². The predicted molar refractivity (Wildman–Crippen MR) is 63.4 cm³/mol. The van der Waals surface area contributed by atoms with E-state index >= 15 is 0 Å². The van der Waals surface area contributed by atoms with Gasteiger partial charge in [0, 0.05) is 16.5 Å². The van der Waals surface area contributed by atoms with Crippen molar-refractivity contribution < 1.29 is 5.11 Å². The minimum atomic E-state index is -0.414. The first-order valence-electron chi connectivity index (χ1n) is 4.57. The Morgan fingerprint density at radius 3 is 2.64 bits per heavy atom. The molecule has 3 heteroatoms. The molecule has 1 nitrogen and oxygen atoms in total. The van der Waals surface area contributed by atoms with Crippen LogP contribution in [0.15, 0.2) is 23.1 Å². The molecule has 0 aliphatic rings.